The minimum atomic E-state index is -4.78. The number of nitriles is 1. The summed E-state index contributed by atoms with van der Waals surface area (Å²) >= 11 is 0. The Kier molecular flexibility index (Phi) is 5.05. The maximum atomic E-state index is 13.7. The van der Waals surface area contributed by atoms with E-state index in [1.165, 1.54) is 17.8 Å². The van der Waals surface area contributed by atoms with E-state index in [9.17, 15) is 27.6 Å². The summed E-state index contributed by atoms with van der Waals surface area (Å²) in [7, 11) is 0. The molecule has 1 amide bonds. The molecule has 9 heteroatoms. The summed E-state index contributed by atoms with van der Waals surface area (Å²) in [5.41, 5.74) is 0.273. The summed E-state index contributed by atoms with van der Waals surface area (Å²) < 4.78 is 53.2. The van der Waals surface area contributed by atoms with Gasteiger partial charge < -0.3 is 9.88 Å². The van der Waals surface area contributed by atoms with E-state index in [0.717, 1.165) is 12.1 Å². The maximum Gasteiger partial charge on any atom is 0.419 e. The normalized spacial score (nSPS) is 12.6. The SMILES string of the molecule is CC(NC(=O)Cn1cnc2cccc(C#N)c21)c1ccc(C(F)(F)F)c(F)c1. The van der Waals surface area contributed by atoms with Crippen molar-refractivity contribution in [2.75, 3.05) is 0 Å². The van der Waals surface area contributed by atoms with E-state index in [2.05, 4.69) is 10.3 Å². The Morgan fingerprint density at radius 1 is 1.32 bits per heavy atom. The van der Waals surface area contributed by atoms with Gasteiger partial charge >= 0.3 is 6.18 Å². The topological polar surface area (TPSA) is 70.7 Å². The number of fused-ring (bicyclic) bond motifs is 1. The second kappa shape index (κ2) is 7.31. The molecular formula is C19H14F4N4O. The van der Waals surface area contributed by atoms with Crippen LogP contribution in [0.3, 0.4) is 0 Å². The molecule has 144 valence electrons. The lowest BCUT2D eigenvalue weighted by Gasteiger charge is -2.16. The molecule has 0 spiro atoms. The average molecular weight is 390 g/mol. The van der Waals surface area contributed by atoms with Gasteiger partial charge in [-0.15, -0.1) is 0 Å². The van der Waals surface area contributed by atoms with Gasteiger partial charge in [0, 0.05) is 0 Å². The number of aromatic nitrogens is 2. The van der Waals surface area contributed by atoms with Gasteiger partial charge in [0.2, 0.25) is 5.91 Å². The zero-order valence-electron chi connectivity index (χ0n) is 14.6. The molecule has 1 N–H and O–H groups in total. The number of halogens is 4. The van der Waals surface area contributed by atoms with Crippen LogP contribution < -0.4 is 5.32 Å². The monoisotopic (exact) mass is 390 g/mol. The number of nitrogens with zero attached hydrogens (tertiary/aromatic N) is 3. The molecule has 3 aromatic rings. The first-order chi connectivity index (χ1) is 13.2. The highest BCUT2D eigenvalue weighted by atomic mass is 19.4. The van der Waals surface area contributed by atoms with Crippen LogP contribution in [-0.2, 0) is 17.5 Å². The number of nitrogens with one attached hydrogen (secondary N) is 1. The lowest BCUT2D eigenvalue weighted by molar-refractivity contribution is -0.140. The van der Waals surface area contributed by atoms with Gasteiger partial charge in [-0.3, -0.25) is 4.79 Å². The Balaban J connectivity index is 1.75. The van der Waals surface area contributed by atoms with Gasteiger partial charge in [-0.2, -0.15) is 18.4 Å². The number of imidazole rings is 1. The molecule has 0 aliphatic carbocycles. The Morgan fingerprint density at radius 2 is 2.07 bits per heavy atom. The molecular weight excluding hydrogens is 376 g/mol. The minimum absolute atomic E-state index is 0.150. The van der Waals surface area contributed by atoms with E-state index in [1.54, 1.807) is 18.2 Å². The highest BCUT2D eigenvalue weighted by Crippen LogP contribution is 2.32. The predicted molar refractivity (Wildman–Crippen MR) is 92.4 cm³/mol. The van der Waals surface area contributed by atoms with Crippen LogP contribution in [0, 0.1) is 17.1 Å². The van der Waals surface area contributed by atoms with Crippen molar-refractivity contribution in [3.8, 4) is 6.07 Å². The Hall–Kier alpha value is -3.41. The number of hydrogen-bond donors (Lipinski definition) is 1. The molecule has 0 fully saturated rings. The number of amides is 1. The number of carbonyl (C=O) groups is 1. The van der Waals surface area contributed by atoms with Gasteiger partial charge in [-0.05, 0) is 36.8 Å². The molecule has 0 saturated carbocycles. The van der Waals surface area contributed by atoms with Crippen LogP contribution in [-0.4, -0.2) is 15.5 Å². The second-order valence-corrected chi connectivity index (χ2v) is 6.18. The minimum Gasteiger partial charge on any atom is -0.348 e. The zero-order valence-corrected chi connectivity index (χ0v) is 14.6. The molecule has 0 radical (unpaired) electrons. The van der Waals surface area contributed by atoms with E-state index in [1.807, 2.05) is 6.07 Å². The number of benzene rings is 2. The molecule has 0 saturated heterocycles. The van der Waals surface area contributed by atoms with Gasteiger partial charge in [0.05, 0.1) is 34.5 Å². The molecule has 1 heterocycles. The predicted octanol–water partition coefficient (Wildman–Crippen LogP) is 3.94. The number of alkyl halides is 3. The fourth-order valence-electron chi connectivity index (χ4n) is 2.89. The van der Waals surface area contributed by atoms with Gasteiger partial charge in [0.25, 0.3) is 0 Å². The molecule has 0 aliphatic heterocycles. The zero-order chi connectivity index (χ0) is 20.5. The second-order valence-electron chi connectivity index (χ2n) is 6.18. The number of rotatable bonds is 4. The average Bonchev–Trinajstić information content (AvgIpc) is 3.03. The fraction of sp³-hybridized carbons (Fsp3) is 0.211. The van der Waals surface area contributed by atoms with Crippen molar-refractivity contribution in [1.29, 1.82) is 5.26 Å². The molecule has 2 aromatic carbocycles. The third-order valence-corrected chi connectivity index (χ3v) is 4.25. The van der Waals surface area contributed by atoms with Crippen LogP contribution in [0.15, 0.2) is 42.7 Å². The van der Waals surface area contributed by atoms with E-state index < -0.39 is 29.5 Å². The number of hydrogen-bond acceptors (Lipinski definition) is 3. The van der Waals surface area contributed by atoms with Gasteiger partial charge in [-0.25, -0.2) is 9.37 Å². The maximum absolute atomic E-state index is 13.7. The largest absolute Gasteiger partial charge is 0.419 e. The Bertz CT molecular complexity index is 1080. The summed E-state index contributed by atoms with van der Waals surface area (Å²) in [6.07, 6.45) is -3.36. The molecule has 1 unspecified atom stereocenters. The first-order valence-electron chi connectivity index (χ1n) is 8.20. The Labute approximate surface area is 157 Å². The lowest BCUT2D eigenvalue weighted by Crippen LogP contribution is -2.30. The quantitative estimate of drug-likeness (QED) is 0.686. The summed E-state index contributed by atoms with van der Waals surface area (Å²) in [5.74, 6) is -1.86. The van der Waals surface area contributed by atoms with Crippen molar-refractivity contribution >= 4 is 16.9 Å². The molecule has 1 aromatic heterocycles. The van der Waals surface area contributed by atoms with Crippen LogP contribution in [0.5, 0.6) is 0 Å². The summed E-state index contributed by atoms with van der Waals surface area (Å²) in [5, 5.41) is 11.8. The summed E-state index contributed by atoms with van der Waals surface area (Å²) in [6.45, 7) is 1.38. The first kappa shape index (κ1) is 19.4. The Morgan fingerprint density at radius 3 is 2.71 bits per heavy atom. The molecule has 28 heavy (non-hydrogen) atoms. The third-order valence-electron chi connectivity index (χ3n) is 4.25. The third kappa shape index (κ3) is 3.81. The molecule has 0 bridgehead atoms. The molecule has 5 nitrogen and oxygen atoms in total. The highest BCUT2D eigenvalue weighted by Gasteiger charge is 2.34. The van der Waals surface area contributed by atoms with E-state index in [4.69, 9.17) is 0 Å². The highest BCUT2D eigenvalue weighted by molar-refractivity contribution is 5.84. The molecule has 1 atom stereocenters. The number of para-hydroxylation sites is 1. The fourth-order valence-corrected chi connectivity index (χ4v) is 2.89. The van der Waals surface area contributed by atoms with Crippen LogP contribution in [0.4, 0.5) is 17.6 Å². The van der Waals surface area contributed by atoms with Crippen LogP contribution >= 0.6 is 0 Å². The van der Waals surface area contributed by atoms with Crippen molar-refractivity contribution in [3.63, 3.8) is 0 Å². The van der Waals surface area contributed by atoms with E-state index >= 15 is 0 Å². The van der Waals surface area contributed by atoms with Crippen molar-refractivity contribution in [1.82, 2.24) is 14.9 Å². The van der Waals surface area contributed by atoms with Crippen molar-refractivity contribution < 1.29 is 22.4 Å². The van der Waals surface area contributed by atoms with Crippen LogP contribution in [0.25, 0.3) is 11.0 Å². The van der Waals surface area contributed by atoms with Crippen molar-refractivity contribution in [2.24, 2.45) is 0 Å². The lowest BCUT2D eigenvalue weighted by atomic mass is 10.1. The summed E-state index contributed by atoms with van der Waals surface area (Å²) in [4.78, 5) is 16.5. The van der Waals surface area contributed by atoms with Crippen LogP contribution in [0.1, 0.15) is 29.7 Å². The van der Waals surface area contributed by atoms with E-state index in [-0.39, 0.29) is 12.1 Å². The van der Waals surface area contributed by atoms with Gasteiger partial charge in [0.15, 0.2) is 0 Å². The van der Waals surface area contributed by atoms with Crippen molar-refractivity contribution in [2.45, 2.75) is 25.7 Å². The summed E-state index contributed by atoms with van der Waals surface area (Å²) in [6, 6.07) is 8.84. The first-order valence-corrected chi connectivity index (χ1v) is 8.20. The van der Waals surface area contributed by atoms with Crippen molar-refractivity contribution in [3.05, 3.63) is 65.2 Å². The van der Waals surface area contributed by atoms with Crippen LogP contribution in [0.2, 0.25) is 0 Å². The van der Waals surface area contributed by atoms with Gasteiger partial charge in [0.1, 0.15) is 18.4 Å². The smallest absolute Gasteiger partial charge is 0.348 e. The van der Waals surface area contributed by atoms with Gasteiger partial charge in [-0.1, -0.05) is 12.1 Å². The standard InChI is InChI=1S/C19H14F4N4O/c1-11(12-5-6-14(15(20)7-12)19(21,22)23)26-17(28)9-27-10-25-16-4-2-3-13(8-24)18(16)27/h2-7,10-11H,9H2,1H3,(H,26,28). The molecule has 0 aliphatic rings. The molecule has 3 rings (SSSR count). The number of carbonyl (C=O) groups excluding carboxylic acids is 1. The van der Waals surface area contributed by atoms with E-state index in [0.29, 0.717) is 22.7 Å².